The monoisotopic (exact) mass is 320 g/mol. The van der Waals surface area contributed by atoms with Gasteiger partial charge in [0.1, 0.15) is 0 Å². The van der Waals surface area contributed by atoms with Gasteiger partial charge in [-0.2, -0.15) is 0 Å². The van der Waals surface area contributed by atoms with Crippen LogP contribution < -0.4 is 10.0 Å². The number of nitrogens with one attached hydrogen (secondary N) is 2. The predicted octanol–water partition coefficient (Wildman–Crippen LogP) is 1.65. The second-order valence-electron chi connectivity index (χ2n) is 3.61. The number of benzene rings is 1. The third kappa shape index (κ3) is 4.06. The summed E-state index contributed by atoms with van der Waals surface area (Å²) in [6.07, 6.45) is 0. The summed E-state index contributed by atoms with van der Waals surface area (Å²) >= 11 is 3.33. The second kappa shape index (κ2) is 6.49. The van der Waals surface area contributed by atoms with Gasteiger partial charge in [0.05, 0.1) is 4.90 Å². The van der Waals surface area contributed by atoms with Crippen LogP contribution in [0.3, 0.4) is 0 Å². The van der Waals surface area contributed by atoms with Crippen LogP contribution in [0.4, 0.5) is 0 Å². The molecular weight excluding hydrogens is 304 g/mol. The molecule has 1 rings (SSSR count). The zero-order valence-electron chi connectivity index (χ0n) is 9.96. The lowest BCUT2D eigenvalue weighted by atomic mass is 10.2. The number of hydrogen-bond donors (Lipinski definition) is 2. The maximum Gasteiger partial charge on any atom is 0.240 e. The van der Waals surface area contributed by atoms with Gasteiger partial charge in [-0.1, -0.05) is 28.9 Å². The van der Waals surface area contributed by atoms with E-state index in [0.29, 0.717) is 18.0 Å². The molecule has 1 aromatic carbocycles. The summed E-state index contributed by atoms with van der Waals surface area (Å²) < 4.78 is 27.4. The molecule has 0 atom stereocenters. The zero-order chi connectivity index (χ0) is 12.9. The van der Waals surface area contributed by atoms with E-state index >= 15 is 0 Å². The highest BCUT2D eigenvalue weighted by Gasteiger charge is 2.16. The molecule has 0 aliphatic carbocycles. The fourth-order valence-corrected chi connectivity index (χ4v) is 3.20. The normalized spacial score (nSPS) is 11.7. The first-order valence-corrected chi connectivity index (χ1v) is 7.72. The van der Waals surface area contributed by atoms with Crippen molar-refractivity contribution in [1.82, 2.24) is 10.0 Å². The van der Waals surface area contributed by atoms with E-state index < -0.39 is 10.0 Å². The van der Waals surface area contributed by atoms with Gasteiger partial charge >= 0.3 is 0 Å². The molecule has 0 heterocycles. The molecule has 0 aliphatic heterocycles. The van der Waals surface area contributed by atoms with Gasteiger partial charge in [0.15, 0.2) is 0 Å². The molecule has 0 amide bonds. The third-order valence-electron chi connectivity index (χ3n) is 2.35. The van der Waals surface area contributed by atoms with E-state index in [4.69, 9.17) is 0 Å². The minimum absolute atomic E-state index is 0.323. The Bertz CT molecular complexity index is 474. The van der Waals surface area contributed by atoms with Crippen molar-refractivity contribution in [2.45, 2.75) is 18.7 Å². The van der Waals surface area contributed by atoms with Crippen LogP contribution in [0.1, 0.15) is 12.5 Å². The molecular formula is C11H17BrN2O2S. The molecule has 0 unspecified atom stereocenters. The van der Waals surface area contributed by atoms with Gasteiger partial charge in [0.2, 0.25) is 10.0 Å². The van der Waals surface area contributed by atoms with E-state index in [9.17, 15) is 8.42 Å². The van der Waals surface area contributed by atoms with Crippen molar-refractivity contribution in [2.24, 2.45) is 0 Å². The van der Waals surface area contributed by atoms with Gasteiger partial charge in [0.25, 0.3) is 0 Å². The Morgan fingerprint density at radius 3 is 2.65 bits per heavy atom. The first kappa shape index (κ1) is 14.6. The topological polar surface area (TPSA) is 58.2 Å². The predicted molar refractivity (Wildman–Crippen MR) is 72.6 cm³/mol. The summed E-state index contributed by atoms with van der Waals surface area (Å²) in [6.45, 7) is 5.61. The summed E-state index contributed by atoms with van der Waals surface area (Å²) in [4.78, 5) is 0.323. The molecule has 0 aromatic heterocycles. The second-order valence-corrected chi connectivity index (χ2v) is 6.20. The molecule has 0 radical (unpaired) electrons. The van der Waals surface area contributed by atoms with Crippen LogP contribution in [0.2, 0.25) is 0 Å². The van der Waals surface area contributed by atoms with E-state index in [-0.39, 0.29) is 0 Å². The Morgan fingerprint density at radius 2 is 2.00 bits per heavy atom. The lowest BCUT2D eigenvalue weighted by Gasteiger charge is -2.10. The highest BCUT2D eigenvalue weighted by atomic mass is 79.9. The summed E-state index contributed by atoms with van der Waals surface area (Å²) in [5, 5.41) is 3.06. The molecule has 0 fully saturated rings. The van der Waals surface area contributed by atoms with Crippen LogP contribution in [-0.2, 0) is 10.0 Å². The van der Waals surface area contributed by atoms with Crippen molar-refractivity contribution >= 4 is 26.0 Å². The molecule has 0 saturated carbocycles. The van der Waals surface area contributed by atoms with Gasteiger partial charge in [-0.05, 0) is 31.2 Å². The van der Waals surface area contributed by atoms with Crippen LogP contribution in [0.5, 0.6) is 0 Å². The fourth-order valence-electron chi connectivity index (χ4n) is 1.41. The van der Waals surface area contributed by atoms with Crippen LogP contribution in [0.15, 0.2) is 27.6 Å². The Balaban J connectivity index is 2.79. The van der Waals surface area contributed by atoms with Crippen LogP contribution in [0, 0.1) is 6.92 Å². The van der Waals surface area contributed by atoms with Crippen molar-refractivity contribution in [3.8, 4) is 0 Å². The van der Waals surface area contributed by atoms with E-state index in [2.05, 4.69) is 26.0 Å². The van der Waals surface area contributed by atoms with Gasteiger partial charge in [-0.25, -0.2) is 13.1 Å². The fraction of sp³-hybridized carbons (Fsp3) is 0.455. The molecule has 0 spiro atoms. The van der Waals surface area contributed by atoms with Crippen molar-refractivity contribution < 1.29 is 8.42 Å². The minimum atomic E-state index is -3.41. The van der Waals surface area contributed by atoms with Gasteiger partial charge < -0.3 is 5.32 Å². The Labute approximate surface area is 111 Å². The highest BCUT2D eigenvalue weighted by Crippen LogP contribution is 2.22. The summed E-state index contributed by atoms with van der Waals surface area (Å²) in [5.74, 6) is 0. The van der Waals surface area contributed by atoms with Crippen LogP contribution in [0.25, 0.3) is 0 Å². The first-order chi connectivity index (χ1) is 7.99. The molecule has 4 nitrogen and oxygen atoms in total. The maximum absolute atomic E-state index is 12.0. The van der Waals surface area contributed by atoms with E-state index in [1.165, 1.54) is 0 Å². The summed E-state index contributed by atoms with van der Waals surface area (Å²) in [6, 6.07) is 5.15. The van der Waals surface area contributed by atoms with Gasteiger partial charge in [-0.3, -0.25) is 0 Å². The molecule has 0 aliphatic rings. The summed E-state index contributed by atoms with van der Waals surface area (Å²) in [7, 11) is -3.41. The van der Waals surface area contributed by atoms with Crippen molar-refractivity contribution in [1.29, 1.82) is 0 Å². The van der Waals surface area contributed by atoms with E-state index in [1.54, 1.807) is 19.1 Å². The Morgan fingerprint density at radius 1 is 1.29 bits per heavy atom. The average molecular weight is 321 g/mol. The molecule has 1 aromatic rings. The SMILES string of the molecule is CCNCCNS(=O)(=O)c1cccc(Br)c1C. The summed E-state index contributed by atoms with van der Waals surface area (Å²) in [5.41, 5.74) is 0.725. The van der Waals surface area contributed by atoms with Crippen LogP contribution >= 0.6 is 15.9 Å². The largest absolute Gasteiger partial charge is 0.316 e. The Kier molecular flexibility index (Phi) is 5.58. The minimum Gasteiger partial charge on any atom is -0.316 e. The van der Waals surface area contributed by atoms with Crippen LogP contribution in [-0.4, -0.2) is 28.1 Å². The molecule has 96 valence electrons. The highest BCUT2D eigenvalue weighted by molar-refractivity contribution is 9.10. The molecule has 0 bridgehead atoms. The molecule has 2 N–H and O–H groups in total. The lowest BCUT2D eigenvalue weighted by molar-refractivity contribution is 0.576. The number of hydrogen-bond acceptors (Lipinski definition) is 3. The van der Waals surface area contributed by atoms with Crippen molar-refractivity contribution in [3.63, 3.8) is 0 Å². The van der Waals surface area contributed by atoms with Gasteiger partial charge in [0, 0.05) is 17.6 Å². The number of halogens is 1. The smallest absolute Gasteiger partial charge is 0.240 e. The standard InChI is InChI=1S/C11H17BrN2O2S/c1-3-13-7-8-14-17(15,16)11-6-4-5-10(12)9(11)2/h4-6,13-14H,3,7-8H2,1-2H3. The Hall–Kier alpha value is -0.430. The van der Waals surface area contributed by atoms with E-state index in [1.807, 2.05) is 13.0 Å². The molecule has 17 heavy (non-hydrogen) atoms. The van der Waals surface area contributed by atoms with Crippen molar-refractivity contribution in [3.05, 3.63) is 28.2 Å². The average Bonchev–Trinajstić information content (AvgIpc) is 2.28. The quantitative estimate of drug-likeness (QED) is 0.783. The van der Waals surface area contributed by atoms with Gasteiger partial charge in [-0.15, -0.1) is 0 Å². The number of sulfonamides is 1. The number of likely N-dealkylation sites (N-methyl/N-ethyl adjacent to an activating group) is 1. The first-order valence-electron chi connectivity index (χ1n) is 5.44. The number of rotatable bonds is 6. The van der Waals surface area contributed by atoms with Crippen molar-refractivity contribution in [2.75, 3.05) is 19.6 Å². The zero-order valence-corrected chi connectivity index (χ0v) is 12.4. The maximum atomic E-state index is 12.0. The lowest BCUT2D eigenvalue weighted by Crippen LogP contribution is -2.32. The molecule has 0 saturated heterocycles. The van der Waals surface area contributed by atoms with E-state index in [0.717, 1.165) is 16.6 Å². The molecule has 6 heteroatoms. The third-order valence-corrected chi connectivity index (χ3v) is 4.82.